The van der Waals surface area contributed by atoms with Crippen LogP contribution >= 0.6 is 11.8 Å². The van der Waals surface area contributed by atoms with Gasteiger partial charge in [0.2, 0.25) is 0 Å². The van der Waals surface area contributed by atoms with Gasteiger partial charge in [-0.1, -0.05) is 12.8 Å². The number of esters is 1. The summed E-state index contributed by atoms with van der Waals surface area (Å²) in [6.07, 6.45) is 12.7. The van der Waals surface area contributed by atoms with Gasteiger partial charge in [-0.3, -0.25) is 14.9 Å². The van der Waals surface area contributed by atoms with E-state index in [1.807, 2.05) is 13.0 Å². The molecule has 5 aliphatic rings. The number of amidine groups is 1. The third-order valence-electron chi connectivity index (χ3n) is 8.30. The molecule has 0 radical (unpaired) electrons. The Kier molecular flexibility index (Phi) is 7.94. The Morgan fingerprint density at radius 3 is 2.71 bits per heavy atom. The molecule has 192 valence electrons. The molecule has 1 amide bonds. The molecule has 8 nitrogen and oxygen atoms in total. The number of rotatable bonds is 5. The van der Waals surface area contributed by atoms with E-state index in [0.29, 0.717) is 34.6 Å². The van der Waals surface area contributed by atoms with Crippen molar-refractivity contribution >= 4 is 34.5 Å². The third kappa shape index (κ3) is 5.67. The minimum Gasteiger partial charge on any atom is -0.466 e. The Hall–Kier alpha value is -1.71. The fourth-order valence-corrected chi connectivity index (χ4v) is 7.28. The van der Waals surface area contributed by atoms with Crippen LogP contribution in [0.15, 0.2) is 21.2 Å². The lowest BCUT2D eigenvalue weighted by molar-refractivity contribution is -0.149. The monoisotopic (exact) mass is 502 g/mol. The summed E-state index contributed by atoms with van der Waals surface area (Å²) in [6.45, 7) is 4.46. The van der Waals surface area contributed by atoms with Gasteiger partial charge in [0.25, 0.3) is 5.91 Å². The minimum absolute atomic E-state index is 0.0392. The number of carbonyl (C=O) groups is 2. The molecule has 2 aliphatic carbocycles. The largest absolute Gasteiger partial charge is 0.466 e. The fraction of sp³-hybridized carbons (Fsp3) is 0.769. The number of fused-ring (bicyclic) bond motifs is 1. The van der Waals surface area contributed by atoms with Gasteiger partial charge in [0.05, 0.1) is 35.3 Å². The first kappa shape index (κ1) is 25.0. The van der Waals surface area contributed by atoms with Crippen LogP contribution in [-0.4, -0.2) is 53.7 Å². The van der Waals surface area contributed by atoms with Crippen LogP contribution in [0.5, 0.6) is 0 Å². The van der Waals surface area contributed by atoms with Crippen molar-refractivity contribution in [3.05, 3.63) is 11.0 Å². The van der Waals surface area contributed by atoms with Crippen LogP contribution in [0.4, 0.5) is 0 Å². The van der Waals surface area contributed by atoms with Crippen molar-refractivity contribution in [1.82, 2.24) is 10.6 Å². The average Bonchev–Trinajstić information content (AvgIpc) is 3.55. The molecular formula is C26H38N4O4S. The first-order valence-electron chi connectivity index (χ1n) is 13.5. The van der Waals surface area contributed by atoms with Gasteiger partial charge in [-0.05, 0) is 89.0 Å². The van der Waals surface area contributed by atoms with Crippen LogP contribution in [0.2, 0.25) is 0 Å². The van der Waals surface area contributed by atoms with Gasteiger partial charge >= 0.3 is 5.97 Å². The lowest BCUT2D eigenvalue weighted by Crippen LogP contribution is -2.31. The predicted molar refractivity (Wildman–Crippen MR) is 137 cm³/mol. The third-order valence-corrected chi connectivity index (χ3v) is 9.22. The highest BCUT2D eigenvalue weighted by molar-refractivity contribution is 8.18. The molecule has 2 N–H and O–H groups in total. The SMILES string of the molecule is CCOC(=O)C1CCC(C2CCC(/C=C3\S/C(=N\N=C4/C(C)NC5CCCCC45)NC3=O)O2)CC1. The molecule has 35 heavy (non-hydrogen) atoms. The van der Waals surface area contributed by atoms with Crippen molar-refractivity contribution in [2.24, 2.45) is 28.0 Å². The summed E-state index contributed by atoms with van der Waals surface area (Å²) in [5, 5.41) is 16.1. The van der Waals surface area contributed by atoms with Crippen molar-refractivity contribution in [3.63, 3.8) is 0 Å². The standard InChI is InChI=1S/C26H38N4O4S/c1-3-33-25(32)17-10-8-16(9-11-17)21-13-12-18(34-21)14-22-24(31)28-26(35-22)30-29-23-15(2)27-20-7-5-4-6-19(20)23/h14-21,27H,3-13H2,1-2H3,(H,28,30,31)/b22-14-,29-23+. The van der Waals surface area contributed by atoms with Crippen LogP contribution < -0.4 is 10.6 Å². The van der Waals surface area contributed by atoms with E-state index in [-0.39, 0.29) is 36.0 Å². The zero-order chi connectivity index (χ0) is 24.4. The molecule has 0 spiro atoms. The van der Waals surface area contributed by atoms with Gasteiger partial charge in [0.1, 0.15) is 0 Å². The summed E-state index contributed by atoms with van der Waals surface area (Å²) in [6, 6.07) is 0.757. The van der Waals surface area contributed by atoms with Gasteiger partial charge in [-0.25, -0.2) is 0 Å². The zero-order valence-electron chi connectivity index (χ0n) is 20.8. The number of thioether (sulfide) groups is 1. The molecule has 9 heteroatoms. The van der Waals surface area contributed by atoms with Crippen LogP contribution in [0.25, 0.3) is 0 Å². The van der Waals surface area contributed by atoms with Gasteiger partial charge < -0.3 is 14.8 Å². The Bertz CT molecular complexity index is 911. The number of hydrogen-bond donors (Lipinski definition) is 2. The first-order valence-corrected chi connectivity index (χ1v) is 14.3. The molecule has 3 aliphatic heterocycles. The molecule has 5 rings (SSSR count). The van der Waals surface area contributed by atoms with E-state index < -0.39 is 0 Å². The molecule has 3 heterocycles. The highest BCUT2D eigenvalue weighted by Crippen LogP contribution is 2.38. The summed E-state index contributed by atoms with van der Waals surface area (Å²) in [4.78, 5) is 25.2. The molecule has 0 aromatic rings. The average molecular weight is 503 g/mol. The lowest BCUT2D eigenvalue weighted by atomic mass is 9.79. The second-order valence-corrected chi connectivity index (χ2v) is 11.6. The Labute approximate surface area is 212 Å². The maximum Gasteiger partial charge on any atom is 0.308 e. The number of amides is 1. The maximum absolute atomic E-state index is 12.6. The van der Waals surface area contributed by atoms with E-state index in [1.54, 1.807) is 0 Å². The van der Waals surface area contributed by atoms with Gasteiger partial charge in [0, 0.05) is 18.0 Å². The maximum atomic E-state index is 12.6. The Morgan fingerprint density at radius 2 is 1.91 bits per heavy atom. The number of ether oxygens (including phenoxy) is 2. The predicted octanol–water partition coefficient (Wildman–Crippen LogP) is 3.91. The summed E-state index contributed by atoms with van der Waals surface area (Å²) >= 11 is 1.36. The highest BCUT2D eigenvalue weighted by atomic mass is 32.2. The Balaban J connectivity index is 1.14. The molecule has 5 atom stereocenters. The number of hydrogen-bond acceptors (Lipinski definition) is 8. The second kappa shape index (κ2) is 11.1. The minimum atomic E-state index is -0.121. The summed E-state index contributed by atoms with van der Waals surface area (Å²) in [5.74, 6) is 0.815. The molecule has 0 aromatic heterocycles. The lowest BCUT2D eigenvalue weighted by Gasteiger charge is -2.30. The highest BCUT2D eigenvalue weighted by Gasteiger charge is 2.39. The van der Waals surface area contributed by atoms with Crippen molar-refractivity contribution in [2.45, 2.75) is 102 Å². The Morgan fingerprint density at radius 1 is 1.11 bits per heavy atom. The van der Waals surface area contributed by atoms with E-state index in [4.69, 9.17) is 9.47 Å². The van der Waals surface area contributed by atoms with Crippen molar-refractivity contribution < 1.29 is 19.1 Å². The van der Waals surface area contributed by atoms with Crippen LogP contribution in [-0.2, 0) is 19.1 Å². The quantitative estimate of drug-likeness (QED) is 0.336. The van der Waals surface area contributed by atoms with E-state index in [0.717, 1.165) is 44.2 Å². The smallest absolute Gasteiger partial charge is 0.308 e. The summed E-state index contributed by atoms with van der Waals surface area (Å²) < 4.78 is 11.5. The topological polar surface area (TPSA) is 101 Å². The van der Waals surface area contributed by atoms with E-state index in [9.17, 15) is 9.59 Å². The molecule has 0 bridgehead atoms. The molecular weight excluding hydrogens is 464 g/mol. The molecule has 5 unspecified atom stereocenters. The van der Waals surface area contributed by atoms with Crippen LogP contribution in [0.1, 0.15) is 78.1 Å². The van der Waals surface area contributed by atoms with Crippen LogP contribution in [0, 0.1) is 17.8 Å². The summed E-state index contributed by atoms with van der Waals surface area (Å²) in [5.41, 5.74) is 1.12. The zero-order valence-corrected chi connectivity index (χ0v) is 21.6. The van der Waals surface area contributed by atoms with Crippen molar-refractivity contribution in [1.29, 1.82) is 0 Å². The van der Waals surface area contributed by atoms with Crippen molar-refractivity contribution in [2.75, 3.05) is 6.61 Å². The molecule has 5 fully saturated rings. The molecule has 0 aromatic carbocycles. The first-order chi connectivity index (χ1) is 17.0. The van der Waals surface area contributed by atoms with E-state index in [1.165, 1.54) is 37.4 Å². The summed E-state index contributed by atoms with van der Waals surface area (Å²) in [7, 11) is 0. The number of carbonyl (C=O) groups excluding carboxylic acids is 2. The van der Waals surface area contributed by atoms with Gasteiger partial charge in [-0.2, -0.15) is 5.10 Å². The second-order valence-electron chi connectivity index (χ2n) is 10.6. The number of nitrogens with one attached hydrogen (secondary N) is 2. The normalized spacial score (nSPS) is 40.9. The van der Waals surface area contributed by atoms with Gasteiger partial charge in [0.15, 0.2) is 5.17 Å². The van der Waals surface area contributed by atoms with Gasteiger partial charge in [-0.15, -0.1) is 5.10 Å². The van der Waals surface area contributed by atoms with E-state index >= 15 is 0 Å². The molecule has 3 saturated heterocycles. The number of nitrogens with zero attached hydrogens (tertiary/aromatic N) is 2. The fourth-order valence-electron chi connectivity index (χ4n) is 6.48. The van der Waals surface area contributed by atoms with Crippen molar-refractivity contribution in [3.8, 4) is 0 Å². The van der Waals surface area contributed by atoms with E-state index in [2.05, 4.69) is 27.8 Å². The molecule has 2 saturated carbocycles. The van der Waals surface area contributed by atoms with Crippen LogP contribution in [0.3, 0.4) is 0 Å².